The lowest BCUT2D eigenvalue weighted by molar-refractivity contribution is -0.148. The van der Waals surface area contributed by atoms with Gasteiger partial charge in [0, 0.05) is 12.8 Å². The summed E-state index contributed by atoms with van der Waals surface area (Å²) in [5.74, 6) is -1.49. The first-order chi connectivity index (χ1) is 10.1. The Balaban J connectivity index is 1.65. The summed E-state index contributed by atoms with van der Waals surface area (Å²) in [6.07, 6.45) is 4.71. The molecule has 0 bridgehead atoms. The largest absolute Gasteiger partial charge is 0.462 e. The van der Waals surface area contributed by atoms with E-state index in [9.17, 15) is 14.0 Å². The van der Waals surface area contributed by atoms with Crippen molar-refractivity contribution in [3.05, 3.63) is 30.1 Å². The number of hydrogen-bond donors (Lipinski definition) is 0. The number of esters is 2. The fourth-order valence-corrected chi connectivity index (χ4v) is 2.33. The molecule has 1 aliphatic carbocycles. The van der Waals surface area contributed by atoms with Gasteiger partial charge in [-0.15, -0.1) is 0 Å². The van der Waals surface area contributed by atoms with E-state index >= 15 is 0 Å². The van der Waals surface area contributed by atoms with Crippen molar-refractivity contribution in [2.45, 2.75) is 51.0 Å². The topological polar surface area (TPSA) is 52.6 Å². The predicted molar refractivity (Wildman–Crippen MR) is 74.2 cm³/mol. The van der Waals surface area contributed by atoms with Gasteiger partial charge in [-0.1, -0.05) is 12.1 Å². The second-order valence-electron chi connectivity index (χ2n) is 5.15. The molecule has 0 N–H and O–H groups in total. The molecule has 0 unspecified atom stereocenters. The third-order valence-electron chi connectivity index (χ3n) is 3.42. The van der Waals surface area contributed by atoms with E-state index in [1.807, 2.05) is 0 Å². The monoisotopic (exact) mass is 294 g/mol. The van der Waals surface area contributed by atoms with Crippen LogP contribution < -0.4 is 4.74 Å². The van der Waals surface area contributed by atoms with Crippen LogP contribution in [0.25, 0.3) is 0 Å². The fourth-order valence-electron chi connectivity index (χ4n) is 2.33. The Morgan fingerprint density at radius 1 is 1.10 bits per heavy atom. The van der Waals surface area contributed by atoms with Gasteiger partial charge in [-0.25, -0.2) is 4.39 Å². The summed E-state index contributed by atoms with van der Waals surface area (Å²) in [6, 6.07) is 5.72. The Morgan fingerprint density at radius 2 is 1.76 bits per heavy atom. The van der Waals surface area contributed by atoms with Gasteiger partial charge in [-0.05, 0) is 44.2 Å². The lowest BCUT2D eigenvalue weighted by Crippen LogP contribution is -2.15. The molecular formula is C16H19FO4. The van der Waals surface area contributed by atoms with Crippen LogP contribution in [-0.2, 0) is 14.3 Å². The molecule has 0 aromatic heterocycles. The molecule has 0 atom stereocenters. The predicted octanol–water partition coefficient (Wildman–Crippen LogP) is 3.39. The maximum atomic E-state index is 13.3. The quantitative estimate of drug-likeness (QED) is 0.596. The highest BCUT2D eigenvalue weighted by Crippen LogP contribution is 2.21. The van der Waals surface area contributed by atoms with Gasteiger partial charge < -0.3 is 9.47 Å². The maximum Gasteiger partial charge on any atom is 0.311 e. The van der Waals surface area contributed by atoms with Gasteiger partial charge in [-0.3, -0.25) is 9.59 Å². The summed E-state index contributed by atoms with van der Waals surface area (Å²) in [5.41, 5.74) is 0. The number of hydrogen-bond acceptors (Lipinski definition) is 4. The van der Waals surface area contributed by atoms with Crippen molar-refractivity contribution in [2.75, 3.05) is 0 Å². The first kappa shape index (κ1) is 15.5. The van der Waals surface area contributed by atoms with Gasteiger partial charge in [0.1, 0.15) is 6.10 Å². The third kappa shape index (κ3) is 5.17. The van der Waals surface area contributed by atoms with Crippen molar-refractivity contribution in [3.8, 4) is 5.75 Å². The number of benzene rings is 1. The maximum absolute atomic E-state index is 13.3. The molecule has 114 valence electrons. The van der Waals surface area contributed by atoms with E-state index in [0.717, 1.165) is 25.7 Å². The fraction of sp³-hybridized carbons (Fsp3) is 0.500. The highest BCUT2D eigenvalue weighted by molar-refractivity contribution is 5.74. The smallest absolute Gasteiger partial charge is 0.311 e. The van der Waals surface area contributed by atoms with Gasteiger partial charge in [0.05, 0.1) is 0 Å². The molecule has 5 heteroatoms. The molecule has 21 heavy (non-hydrogen) atoms. The molecule has 1 saturated carbocycles. The number of ether oxygens (including phenoxy) is 2. The van der Waals surface area contributed by atoms with Crippen molar-refractivity contribution in [1.29, 1.82) is 0 Å². The highest BCUT2D eigenvalue weighted by atomic mass is 19.1. The molecule has 0 aliphatic heterocycles. The summed E-state index contributed by atoms with van der Waals surface area (Å²) >= 11 is 0. The molecule has 1 aromatic rings. The minimum absolute atomic E-state index is 0.0443. The van der Waals surface area contributed by atoms with E-state index in [2.05, 4.69) is 0 Å². The molecule has 0 spiro atoms. The zero-order valence-corrected chi connectivity index (χ0v) is 11.8. The lowest BCUT2D eigenvalue weighted by atomic mass is 10.2. The second kappa shape index (κ2) is 7.76. The minimum atomic E-state index is -0.577. The zero-order valence-electron chi connectivity index (χ0n) is 11.8. The van der Waals surface area contributed by atoms with Crippen LogP contribution in [0.3, 0.4) is 0 Å². The average Bonchev–Trinajstić information content (AvgIpc) is 2.94. The molecule has 1 aromatic carbocycles. The van der Waals surface area contributed by atoms with Gasteiger partial charge in [0.25, 0.3) is 0 Å². The van der Waals surface area contributed by atoms with Crippen molar-refractivity contribution in [2.24, 2.45) is 0 Å². The molecule has 0 radical (unpaired) electrons. The van der Waals surface area contributed by atoms with Gasteiger partial charge in [0.15, 0.2) is 11.6 Å². The Hall–Kier alpha value is -1.91. The van der Waals surface area contributed by atoms with Crippen LogP contribution in [0, 0.1) is 5.82 Å². The standard InChI is InChI=1S/C16H19FO4/c17-13-8-3-4-9-14(13)21-16(19)11-5-10-15(18)20-12-6-1-2-7-12/h3-4,8-9,12H,1-2,5-7,10-11H2. The first-order valence-electron chi connectivity index (χ1n) is 7.30. The minimum Gasteiger partial charge on any atom is -0.462 e. The second-order valence-corrected chi connectivity index (χ2v) is 5.15. The lowest BCUT2D eigenvalue weighted by Gasteiger charge is -2.10. The summed E-state index contributed by atoms with van der Waals surface area (Å²) < 4.78 is 23.5. The Bertz CT molecular complexity index is 495. The van der Waals surface area contributed by atoms with E-state index < -0.39 is 11.8 Å². The molecule has 4 nitrogen and oxygen atoms in total. The van der Waals surface area contributed by atoms with Gasteiger partial charge in [-0.2, -0.15) is 0 Å². The molecule has 2 rings (SSSR count). The number of para-hydroxylation sites is 1. The summed E-state index contributed by atoms with van der Waals surface area (Å²) in [4.78, 5) is 23.1. The van der Waals surface area contributed by atoms with E-state index in [4.69, 9.17) is 9.47 Å². The zero-order chi connectivity index (χ0) is 15.1. The summed E-state index contributed by atoms with van der Waals surface area (Å²) in [7, 11) is 0. The van der Waals surface area contributed by atoms with Crippen LogP contribution in [0.2, 0.25) is 0 Å². The van der Waals surface area contributed by atoms with Crippen LogP contribution in [0.4, 0.5) is 4.39 Å². The van der Waals surface area contributed by atoms with E-state index in [0.29, 0.717) is 6.42 Å². The number of rotatable bonds is 6. The third-order valence-corrected chi connectivity index (χ3v) is 3.42. The van der Waals surface area contributed by atoms with Crippen molar-refractivity contribution < 1.29 is 23.5 Å². The van der Waals surface area contributed by atoms with Crippen molar-refractivity contribution in [1.82, 2.24) is 0 Å². The molecule has 0 heterocycles. The number of carbonyl (C=O) groups excluding carboxylic acids is 2. The first-order valence-corrected chi connectivity index (χ1v) is 7.30. The Morgan fingerprint density at radius 3 is 2.48 bits per heavy atom. The number of halogens is 1. The van der Waals surface area contributed by atoms with E-state index in [1.165, 1.54) is 18.2 Å². The Labute approximate surface area is 123 Å². The van der Waals surface area contributed by atoms with Crippen molar-refractivity contribution >= 4 is 11.9 Å². The number of carbonyl (C=O) groups is 2. The van der Waals surface area contributed by atoms with Gasteiger partial charge in [0.2, 0.25) is 0 Å². The highest BCUT2D eigenvalue weighted by Gasteiger charge is 2.19. The van der Waals surface area contributed by atoms with Crippen LogP contribution >= 0.6 is 0 Å². The van der Waals surface area contributed by atoms with Crippen molar-refractivity contribution in [3.63, 3.8) is 0 Å². The average molecular weight is 294 g/mol. The summed E-state index contributed by atoms with van der Waals surface area (Å²) in [6.45, 7) is 0. The molecule has 0 amide bonds. The summed E-state index contributed by atoms with van der Waals surface area (Å²) in [5, 5.41) is 0. The van der Waals surface area contributed by atoms with Crippen LogP contribution in [0.15, 0.2) is 24.3 Å². The Kier molecular flexibility index (Phi) is 5.72. The van der Waals surface area contributed by atoms with Crippen LogP contribution in [0.5, 0.6) is 5.75 Å². The molecule has 1 aliphatic rings. The normalized spacial score (nSPS) is 14.9. The van der Waals surface area contributed by atoms with Gasteiger partial charge >= 0.3 is 11.9 Å². The molecule has 0 saturated heterocycles. The molecule has 1 fully saturated rings. The van der Waals surface area contributed by atoms with E-state index in [1.54, 1.807) is 6.07 Å². The van der Waals surface area contributed by atoms with Crippen LogP contribution in [0.1, 0.15) is 44.9 Å². The SMILES string of the molecule is O=C(CCCC(=O)OC1CCCC1)Oc1ccccc1F. The molecular weight excluding hydrogens is 275 g/mol. The van der Waals surface area contributed by atoms with E-state index in [-0.39, 0.29) is 30.7 Å². The van der Waals surface area contributed by atoms with Crippen LogP contribution in [-0.4, -0.2) is 18.0 Å².